The summed E-state index contributed by atoms with van der Waals surface area (Å²) in [5.74, 6) is 0.718. The number of carbonyl (C=O) groups is 1. The van der Waals surface area contributed by atoms with Gasteiger partial charge < -0.3 is 5.32 Å². The van der Waals surface area contributed by atoms with Crippen LogP contribution >= 0.6 is 15.9 Å². The van der Waals surface area contributed by atoms with Gasteiger partial charge in [0, 0.05) is 17.4 Å². The van der Waals surface area contributed by atoms with Crippen LogP contribution in [0.5, 0.6) is 0 Å². The highest BCUT2D eigenvalue weighted by molar-refractivity contribution is 9.10. The highest BCUT2D eigenvalue weighted by atomic mass is 79.9. The summed E-state index contributed by atoms with van der Waals surface area (Å²) >= 11 is 3.38. The molecule has 0 aliphatic carbocycles. The van der Waals surface area contributed by atoms with Crippen LogP contribution in [-0.2, 0) is 11.3 Å². The Morgan fingerprint density at radius 1 is 1.31 bits per heavy atom. The average molecular weight is 284 g/mol. The van der Waals surface area contributed by atoms with Crippen LogP contribution in [0.1, 0.15) is 32.3 Å². The molecular weight excluding hydrogens is 266 g/mol. The lowest BCUT2D eigenvalue weighted by Crippen LogP contribution is -2.22. The second-order valence-corrected chi connectivity index (χ2v) is 5.25. The Hall–Kier alpha value is -0.830. The first-order chi connectivity index (χ1) is 7.58. The Balaban J connectivity index is 2.29. The van der Waals surface area contributed by atoms with E-state index < -0.39 is 0 Å². The van der Waals surface area contributed by atoms with Crippen molar-refractivity contribution in [2.75, 3.05) is 0 Å². The smallest absolute Gasteiger partial charge is 0.220 e. The van der Waals surface area contributed by atoms with Crippen LogP contribution in [0.25, 0.3) is 0 Å². The number of benzene rings is 1. The molecule has 1 aromatic rings. The number of halogens is 1. The number of amides is 1. The molecule has 1 aromatic carbocycles. The zero-order valence-electron chi connectivity index (χ0n) is 9.79. The Bertz CT molecular complexity index is 332. The normalized spacial score (nSPS) is 10.5. The fourth-order valence-electron chi connectivity index (χ4n) is 1.31. The molecule has 1 N–H and O–H groups in total. The molecule has 0 fully saturated rings. The summed E-state index contributed by atoms with van der Waals surface area (Å²) in [5.41, 5.74) is 1.13. The van der Waals surface area contributed by atoms with E-state index in [-0.39, 0.29) is 5.91 Å². The van der Waals surface area contributed by atoms with Gasteiger partial charge in [0.05, 0.1) is 0 Å². The number of carbonyl (C=O) groups excluding carboxylic acids is 1. The molecule has 16 heavy (non-hydrogen) atoms. The predicted octanol–water partition coefficient (Wildman–Crippen LogP) is 3.50. The lowest BCUT2D eigenvalue weighted by Gasteiger charge is -2.06. The lowest BCUT2D eigenvalue weighted by molar-refractivity contribution is -0.121. The van der Waals surface area contributed by atoms with Crippen LogP contribution in [0.2, 0.25) is 0 Å². The molecular formula is C13H18BrNO. The molecule has 0 atom stereocenters. The van der Waals surface area contributed by atoms with Gasteiger partial charge in [-0.25, -0.2) is 0 Å². The SMILES string of the molecule is CC(C)CCC(=O)NCc1ccc(Br)cc1. The number of nitrogens with one attached hydrogen (secondary N) is 1. The Morgan fingerprint density at radius 2 is 1.94 bits per heavy atom. The van der Waals surface area contributed by atoms with Crippen LogP contribution in [0.4, 0.5) is 0 Å². The lowest BCUT2D eigenvalue weighted by atomic mass is 10.1. The summed E-state index contributed by atoms with van der Waals surface area (Å²) in [7, 11) is 0. The molecule has 0 aliphatic heterocycles. The van der Waals surface area contributed by atoms with Crippen molar-refractivity contribution < 1.29 is 4.79 Å². The van der Waals surface area contributed by atoms with Crippen LogP contribution in [0.3, 0.4) is 0 Å². The summed E-state index contributed by atoms with van der Waals surface area (Å²) in [6.07, 6.45) is 1.57. The van der Waals surface area contributed by atoms with Gasteiger partial charge in [-0.2, -0.15) is 0 Å². The van der Waals surface area contributed by atoms with Crippen molar-refractivity contribution in [3.8, 4) is 0 Å². The number of rotatable bonds is 5. The van der Waals surface area contributed by atoms with Gasteiger partial charge in [0.2, 0.25) is 5.91 Å². The monoisotopic (exact) mass is 283 g/mol. The highest BCUT2D eigenvalue weighted by Crippen LogP contribution is 2.10. The third kappa shape index (κ3) is 5.31. The molecule has 0 aliphatic rings. The molecule has 0 heterocycles. The van der Waals surface area contributed by atoms with Gasteiger partial charge in [0.1, 0.15) is 0 Å². The molecule has 0 spiro atoms. The summed E-state index contributed by atoms with van der Waals surface area (Å²) in [5, 5.41) is 2.92. The van der Waals surface area contributed by atoms with Gasteiger partial charge in [-0.1, -0.05) is 41.9 Å². The third-order valence-electron chi connectivity index (χ3n) is 2.35. The van der Waals surface area contributed by atoms with Crippen molar-refractivity contribution in [2.45, 2.75) is 33.2 Å². The van der Waals surface area contributed by atoms with Crippen LogP contribution in [0, 0.1) is 5.92 Å². The largest absolute Gasteiger partial charge is 0.352 e. The van der Waals surface area contributed by atoms with E-state index in [0.717, 1.165) is 16.5 Å². The van der Waals surface area contributed by atoms with E-state index in [0.29, 0.717) is 18.9 Å². The summed E-state index contributed by atoms with van der Waals surface area (Å²) < 4.78 is 1.06. The standard InChI is InChI=1S/C13H18BrNO/c1-10(2)3-8-13(16)15-9-11-4-6-12(14)7-5-11/h4-7,10H,3,8-9H2,1-2H3,(H,15,16). The van der Waals surface area contributed by atoms with Gasteiger partial charge >= 0.3 is 0 Å². The number of hydrogen-bond donors (Lipinski definition) is 1. The van der Waals surface area contributed by atoms with Crippen molar-refractivity contribution in [3.63, 3.8) is 0 Å². The maximum Gasteiger partial charge on any atom is 0.220 e. The molecule has 0 aromatic heterocycles. The molecule has 3 heteroatoms. The van der Waals surface area contributed by atoms with Crippen LogP contribution in [0.15, 0.2) is 28.7 Å². The zero-order chi connectivity index (χ0) is 12.0. The molecule has 0 saturated carbocycles. The molecule has 1 rings (SSSR count). The van der Waals surface area contributed by atoms with E-state index in [1.165, 1.54) is 0 Å². The second-order valence-electron chi connectivity index (χ2n) is 4.34. The maximum absolute atomic E-state index is 11.5. The topological polar surface area (TPSA) is 29.1 Å². The first-order valence-corrected chi connectivity index (χ1v) is 6.38. The van der Waals surface area contributed by atoms with Crippen LogP contribution in [-0.4, -0.2) is 5.91 Å². The Kier molecular flexibility index (Phi) is 5.53. The molecule has 0 unspecified atom stereocenters. The zero-order valence-corrected chi connectivity index (χ0v) is 11.4. The Morgan fingerprint density at radius 3 is 2.50 bits per heavy atom. The fourth-order valence-corrected chi connectivity index (χ4v) is 1.58. The highest BCUT2D eigenvalue weighted by Gasteiger charge is 2.02. The third-order valence-corrected chi connectivity index (χ3v) is 2.88. The molecule has 1 amide bonds. The molecule has 0 saturated heterocycles. The fraction of sp³-hybridized carbons (Fsp3) is 0.462. The van der Waals surface area contributed by atoms with E-state index in [2.05, 4.69) is 35.1 Å². The van der Waals surface area contributed by atoms with Crippen molar-refractivity contribution >= 4 is 21.8 Å². The second kappa shape index (κ2) is 6.69. The van der Waals surface area contributed by atoms with Gasteiger partial charge in [-0.05, 0) is 30.0 Å². The first kappa shape index (κ1) is 13.2. The van der Waals surface area contributed by atoms with Gasteiger partial charge in [0.25, 0.3) is 0 Å². The molecule has 2 nitrogen and oxygen atoms in total. The summed E-state index contributed by atoms with van der Waals surface area (Å²) in [6, 6.07) is 7.98. The summed E-state index contributed by atoms with van der Waals surface area (Å²) in [6.45, 7) is 4.87. The van der Waals surface area contributed by atoms with Crippen molar-refractivity contribution in [2.24, 2.45) is 5.92 Å². The van der Waals surface area contributed by atoms with Gasteiger partial charge in [0.15, 0.2) is 0 Å². The van der Waals surface area contributed by atoms with Crippen molar-refractivity contribution in [1.29, 1.82) is 0 Å². The van der Waals surface area contributed by atoms with E-state index in [1.807, 2.05) is 24.3 Å². The van der Waals surface area contributed by atoms with Crippen molar-refractivity contribution in [1.82, 2.24) is 5.32 Å². The van der Waals surface area contributed by atoms with E-state index in [4.69, 9.17) is 0 Å². The predicted molar refractivity (Wildman–Crippen MR) is 70.1 cm³/mol. The van der Waals surface area contributed by atoms with E-state index >= 15 is 0 Å². The quantitative estimate of drug-likeness (QED) is 0.881. The summed E-state index contributed by atoms with van der Waals surface area (Å²) in [4.78, 5) is 11.5. The van der Waals surface area contributed by atoms with Gasteiger partial charge in [-0.3, -0.25) is 4.79 Å². The van der Waals surface area contributed by atoms with Crippen molar-refractivity contribution in [3.05, 3.63) is 34.3 Å². The van der Waals surface area contributed by atoms with Crippen LogP contribution < -0.4 is 5.32 Å². The maximum atomic E-state index is 11.5. The molecule has 0 bridgehead atoms. The minimum Gasteiger partial charge on any atom is -0.352 e. The molecule has 88 valence electrons. The minimum absolute atomic E-state index is 0.136. The van der Waals surface area contributed by atoms with E-state index in [1.54, 1.807) is 0 Å². The first-order valence-electron chi connectivity index (χ1n) is 5.59. The average Bonchev–Trinajstić information content (AvgIpc) is 2.25. The Labute approximate surface area is 106 Å². The number of hydrogen-bond acceptors (Lipinski definition) is 1. The molecule has 0 radical (unpaired) electrons. The minimum atomic E-state index is 0.136. The van der Waals surface area contributed by atoms with E-state index in [9.17, 15) is 4.79 Å². The van der Waals surface area contributed by atoms with Gasteiger partial charge in [-0.15, -0.1) is 0 Å².